The lowest BCUT2D eigenvalue weighted by molar-refractivity contribution is -0.294. The molecule has 0 unspecified atom stereocenters. The normalized spacial score (nSPS) is 47.2. The lowest BCUT2D eigenvalue weighted by Gasteiger charge is -2.67. The molecule has 0 aromatic rings. The highest BCUT2D eigenvalue weighted by atomic mass is 16.5. The van der Waals surface area contributed by atoms with Crippen molar-refractivity contribution in [3.05, 3.63) is 24.3 Å². The summed E-state index contributed by atoms with van der Waals surface area (Å²) in [5.41, 5.74) is -2.96. The standard InChI is InChI=1S/C25H38O6/c1-9-14(3)21(29)30-19-12-17(27)22(4,5)16-11-18(28)25(8)20(24(16,19)7)15(26)13-23(6,10-2)31-25/h9-10,15-17,19-20,26-27H,2,11-13H2,1,3-8H3/b14-9-/t15-,16-,17+,19-,20+,23-,24+,25+/m1/s1. The zero-order chi connectivity index (χ0) is 23.6. The second-order valence-electron chi connectivity index (χ2n) is 11.0. The summed E-state index contributed by atoms with van der Waals surface area (Å²) in [6.45, 7) is 16.8. The molecule has 1 saturated heterocycles. The third kappa shape index (κ3) is 3.42. The molecular formula is C25H38O6. The Hall–Kier alpha value is -1.50. The molecule has 1 heterocycles. The topological polar surface area (TPSA) is 93.1 Å². The van der Waals surface area contributed by atoms with Crippen LogP contribution in [0.25, 0.3) is 0 Å². The number of aliphatic hydroxyl groups excluding tert-OH is 2. The Morgan fingerprint density at radius 1 is 1.23 bits per heavy atom. The first kappa shape index (κ1) is 24.1. The van der Waals surface area contributed by atoms with E-state index in [2.05, 4.69) is 6.58 Å². The lowest BCUT2D eigenvalue weighted by Crippen LogP contribution is -2.74. The molecule has 6 nitrogen and oxygen atoms in total. The first-order valence-electron chi connectivity index (χ1n) is 11.2. The molecule has 2 aliphatic carbocycles. The van der Waals surface area contributed by atoms with Gasteiger partial charge in [-0.25, -0.2) is 4.79 Å². The minimum atomic E-state index is -1.25. The highest BCUT2D eigenvalue weighted by molar-refractivity contribution is 5.90. The summed E-state index contributed by atoms with van der Waals surface area (Å²) in [6.07, 6.45) is 1.80. The summed E-state index contributed by atoms with van der Waals surface area (Å²) < 4.78 is 12.4. The van der Waals surface area contributed by atoms with Crippen molar-refractivity contribution in [2.24, 2.45) is 22.7 Å². The van der Waals surface area contributed by atoms with E-state index in [4.69, 9.17) is 9.47 Å². The van der Waals surface area contributed by atoms with Gasteiger partial charge >= 0.3 is 5.97 Å². The van der Waals surface area contributed by atoms with Crippen LogP contribution in [-0.2, 0) is 19.1 Å². The van der Waals surface area contributed by atoms with Crippen molar-refractivity contribution >= 4 is 11.8 Å². The summed E-state index contributed by atoms with van der Waals surface area (Å²) in [5, 5.41) is 22.4. The Morgan fingerprint density at radius 3 is 2.39 bits per heavy atom. The minimum absolute atomic E-state index is 0.0938. The molecule has 0 radical (unpaired) electrons. The first-order chi connectivity index (χ1) is 14.2. The van der Waals surface area contributed by atoms with Crippen LogP contribution in [0, 0.1) is 22.7 Å². The van der Waals surface area contributed by atoms with Gasteiger partial charge in [0.2, 0.25) is 0 Å². The Bertz CT molecular complexity index is 815. The van der Waals surface area contributed by atoms with Gasteiger partial charge in [-0.1, -0.05) is 32.9 Å². The van der Waals surface area contributed by atoms with Gasteiger partial charge in [0.05, 0.1) is 17.8 Å². The van der Waals surface area contributed by atoms with E-state index in [9.17, 15) is 19.8 Å². The number of rotatable bonds is 3. The first-order valence-corrected chi connectivity index (χ1v) is 11.2. The number of Topliss-reactive ketones (excluding diaryl/α,β-unsaturated/α-hetero) is 1. The zero-order valence-electron chi connectivity index (χ0n) is 19.9. The molecule has 0 amide bonds. The van der Waals surface area contributed by atoms with Gasteiger partial charge in [0, 0.05) is 36.2 Å². The van der Waals surface area contributed by atoms with E-state index in [-0.39, 0.29) is 24.5 Å². The number of aliphatic hydroxyl groups is 2. The van der Waals surface area contributed by atoms with Crippen molar-refractivity contribution in [1.29, 1.82) is 0 Å². The molecule has 2 N–H and O–H groups in total. The molecule has 31 heavy (non-hydrogen) atoms. The number of carbonyl (C=O) groups is 2. The summed E-state index contributed by atoms with van der Waals surface area (Å²) in [5.74, 6) is -1.41. The number of ether oxygens (including phenoxy) is 2. The van der Waals surface area contributed by atoms with Gasteiger partial charge in [-0.05, 0) is 39.0 Å². The van der Waals surface area contributed by atoms with Gasteiger partial charge in [0.15, 0.2) is 5.78 Å². The highest BCUT2D eigenvalue weighted by Gasteiger charge is 2.72. The average Bonchev–Trinajstić information content (AvgIpc) is 2.67. The van der Waals surface area contributed by atoms with Gasteiger partial charge in [0.25, 0.3) is 0 Å². The van der Waals surface area contributed by atoms with Crippen molar-refractivity contribution < 1.29 is 29.3 Å². The molecule has 0 aromatic carbocycles. The van der Waals surface area contributed by atoms with Gasteiger partial charge in [-0.15, -0.1) is 6.58 Å². The maximum absolute atomic E-state index is 13.5. The van der Waals surface area contributed by atoms with Crippen molar-refractivity contribution in [1.82, 2.24) is 0 Å². The molecule has 0 aromatic heterocycles. The fourth-order valence-electron chi connectivity index (χ4n) is 6.67. The van der Waals surface area contributed by atoms with Crippen LogP contribution in [0.4, 0.5) is 0 Å². The van der Waals surface area contributed by atoms with E-state index >= 15 is 0 Å². The highest BCUT2D eigenvalue weighted by Crippen LogP contribution is 2.65. The van der Waals surface area contributed by atoms with Crippen LogP contribution in [0.5, 0.6) is 0 Å². The van der Waals surface area contributed by atoms with Crippen LogP contribution in [-0.4, -0.2) is 51.5 Å². The number of fused-ring (bicyclic) bond motifs is 3. The SMILES string of the molecule is C=C[C@]1(C)C[C@@H](O)[C@H]2[C@@]3(C)[C@H](CC(=O)[C@]2(C)O1)C(C)(C)[C@@H](O)C[C@H]3OC(=O)/C(C)=C\C. The summed E-state index contributed by atoms with van der Waals surface area (Å²) in [7, 11) is 0. The van der Waals surface area contributed by atoms with E-state index in [0.29, 0.717) is 12.0 Å². The van der Waals surface area contributed by atoms with Crippen molar-refractivity contribution in [3.8, 4) is 0 Å². The molecule has 3 aliphatic rings. The van der Waals surface area contributed by atoms with E-state index in [1.807, 2.05) is 27.7 Å². The Morgan fingerprint density at radius 2 is 1.84 bits per heavy atom. The van der Waals surface area contributed by atoms with E-state index < -0.39 is 52.2 Å². The monoisotopic (exact) mass is 434 g/mol. The van der Waals surface area contributed by atoms with Gasteiger partial charge < -0.3 is 19.7 Å². The minimum Gasteiger partial charge on any atom is -0.458 e. The third-order valence-electron chi connectivity index (χ3n) is 8.73. The van der Waals surface area contributed by atoms with Crippen LogP contribution < -0.4 is 0 Å². The van der Waals surface area contributed by atoms with Gasteiger partial charge in [-0.2, -0.15) is 0 Å². The van der Waals surface area contributed by atoms with E-state index in [1.54, 1.807) is 32.9 Å². The fourth-order valence-corrected chi connectivity index (χ4v) is 6.67. The fraction of sp³-hybridized carbons (Fsp3) is 0.760. The quantitative estimate of drug-likeness (QED) is 0.402. The summed E-state index contributed by atoms with van der Waals surface area (Å²) in [6, 6.07) is 0. The number of carbonyl (C=O) groups excluding carboxylic acids is 2. The molecule has 3 fully saturated rings. The molecule has 2 saturated carbocycles. The van der Waals surface area contributed by atoms with Crippen LogP contribution in [0.15, 0.2) is 24.3 Å². The number of hydrogen-bond donors (Lipinski definition) is 2. The maximum atomic E-state index is 13.5. The van der Waals surface area contributed by atoms with Gasteiger partial charge in [0.1, 0.15) is 11.7 Å². The predicted octanol–water partition coefficient (Wildman–Crippen LogP) is 3.35. The predicted molar refractivity (Wildman–Crippen MR) is 117 cm³/mol. The largest absolute Gasteiger partial charge is 0.458 e. The molecule has 3 rings (SSSR count). The van der Waals surface area contributed by atoms with Crippen molar-refractivity contribution in [2.75, 3.05) is 0 Å². The van der Waals surface area contributed by atoms with Crippen molar-refractivity contribution in [3.63, 3.8) is 0 Å². The van der Waals surface area contributed by atoms with Crippen LogP contribution in [0.3, 0.4) is 0 Å². The third-order valence-corrected chi connectivity index (χ3v) is 8.73. The summed E-state index contributed by atoms with van der Waals surface area (Å²) >= 11 is 0. The number of hydrogen-bond acceptors (Lipinski definition) is 6. The zero-order valence-corrected chi connectivity index (χ0v) is 19.9. The molecule has 6 heteroatoms. The Balaban J connectivity index is 2.16. The molecule has 0 spiro atoms. The van der Waals surface area contributed by atoms with Crippen LogP contribution in [0.2, 0.25) is 0 Å². The Labute approximate surface area is 185 Å². The summed E-state index contributed by atoms with van der Waals surface area (Å²) in [4.78, 5) is 26.2. The second kappa shape index (κ2) is 7.53. The number of allylic oxidation sites excluding steroid dienone is 1. The van der Waals surface area contributed by atoms with Crippen LogP contribution in [0.1, 0.15) is 67.7 Å². The van der Waals surface area contributed by atoms with E-state index in [0.717, 1.165) is 0 Å². The number of ketones is 1. The Kier molecular flexibility index (Phi) is 5.87. The molecule has 174 valence electrons. The van der Waals surface area contributed by atoms with Crippen LogP contribution >= 0.6 is 0 Å². The molecule has 0 bridgehead atoms. The van der Waals surface area contributed by atoms with Gasteiger partial charge in [-0.3, -0.25) is 4.79 Å². The number of esters is 1. The lowest BCUT2D eigenvalue weighted by atomic mass is 9.42. The maximum Gasteiger partial charge on any atom is 0.333 e. The van der Waals surface area contributed by atoms with E-state index in [1.165, 1.54) is 0 Å². The van der Waals surface area contributed by atoms with Crippen molar-refractivity contribution in [2.45, 2.75) is 97.2 Å². The second-order valence-corrected chi connectivity index (χ2v) is 11.0. The smallest absolute Gasteiger partial charge is 0.333 e. The molecule has 8 atom stereocenters. The average molecular weight is 435 g/mol. The molecular weight excluding hydrogens is 396 g/mol. The molecule has 1 aliphatic heterocycles.